The molecule has 6 nitrogen and oxygen atoms in total. The maximum atomic E-state index is 12.1. The molecule has 0 bridgehead atoms. The van der Waals surface area contributed by atoms with Crippen LogP contribution in [0.2, 0.25) is 0 Å². The highest BCUT2D eigenvalue weighted by atomic mass is 16.4. The molecule has 122 valence electrons. The van der Waals surface area contributed by atoms with E-state index in [-0.39, 0.29) is 11.5 Å². The van der Waals surface area contributed by atoms with E-state index in [1.54, 1.807) is 12.4 Å². The fraction of sp³-hybridized carbons (Fsp3) is 0.167. The van der Waals surface area contributed by atoms with E-state index in [0.717, 1.165) is 16.8 Å². The molecule has 0 fully saturated rings. The number of aromatic nitrogens is 2. The molecule has 1 aromatic heterocycles. The third kappa shape index (κ3) is 3.43. The summed E-state index contributed by atoms with van der Waals surface area (Å²) in [6.07, 6.45) is 1.93. The average molecular weight is 323 g/mol. The number of rotatable bonds is 5. The van der Waals surface area contributed by atoms with Crippen molar-refractivity contribution in [3.8, 4) is 0 Å². The molecule has 0 aliphatic rings. The summed E-state index contributed by atoms with van der Waals surface area (Å²) in [6, 6.07) is 12.4. The Morgan fingerprint density at radius 2 is 2.04 bits per heavy atom. The smallest absolute Gasteiger partial charge is 0.335 e. The summed E-state index contributed by atoms with van der Waals surface area (Å²) in [7, 11) is 0. The molecule has 1 heterocycles. The Labute approximate surface area is 138 Å². The molecule has 24 heavy (non-hydrogen) atoms. The van der Waals surface area contributed by atoms with Crippen LogP contribution in [-0.2, 0) is 11.3 Å². The standard InChI is InChI=1S/C18H17N3O3/c1-12-3-2-4-14(9-12)20-17(22)7-8-21-11-19-15-10-13(18(23)24)5-6-16(15)21/h2-6,9-11H,7-8H2,1H3,(H,20,22)(H,23,24). The van der Waals surface area contributed by atoms with Crippen LogP contribution in [-0.4, -0.2) is 26.5 Å². The maximum absolute atomic E-state index is 12.1. The number of aryl methyl sites for hydroxylation is 2. The maximum Gasteiger partial charge on any atom is 0.335 e. The molecule has 0 spiro atoms. The number of hydrogen-bond acceptors (Lipinski definition) is 3. The molecule has 0 aliphatic heterocycles. The van der Waals surface area contributed by atoms with Gasteiger partial charge in [0, 0.05) is 18.7 Å². The van der Waals surface area contributed by atoms with Crippen molar-refractivity contribution in [2.24, 2.45) is 0 Å². The van der Waals surface area contributed by atoms with Crippen molar-refractivity contribution in [2.45, 2.75) is 19.9 Å². The molecule has 2 aromatic carbocycles. The molecule has 0 saturated heterocycles. The highest BCUT2D eigenvalue weighted by Crippen LogP contribution is 2.16. The predicted octanol–water partition coefficient (Wildman–Crippen LogP) is 3.07. The highest BCUT2D eigenvalue weighted by molar-refractivity contribution is 5.93. The second-order valence-electron chi connectivity index (χ2n) is 5.61. The van der Waals surface area contributed by atoms with E-state index in [1.807, 2.05) is 35.8 Å². The summed E-state index contributed by atoms with van der Waals surface area (Å²) < 4.78 is 1.84. The van der Waals surface area contributed by atoms with Gasteiger partial charge in [-0.05, 0) is 42.8 Å². The van der Waals surface area contributed by atoms with Crippen molar-refractivity contribution in [1.82, 2.24) is 9.55 Å². The Morgan fingerprint density at radius 3 is 2.79 bits per heavy atom. The number of benzene rings is 2. The van der Waals surface area contributed by atoms with Gasteiger partial charge in [0.15, 0.2) is 0 Å². The third-order valence-corrected chi connectivity index (χ3v) is 3.75. The van der Waals surface area contributed by atoms with E-state index >= 15 is 0 Å². The number of anilines is 1. The predicted molar refractivity (Wildman–Crippen MR) is 91.1 cm³/mol. The second kappa shape index (κ2) is 6.54. The van der Waals surface area contributed by atoms with Crippen LogP contribution in [0.4, 0.5) is 5.69 Å². The summed E-state index contributed by atoms with van der Waals surface area (Å²) in [4.78, 5) is 27.3. The van der Waals surface area contributed by atoms with Crippen molar-refractivity contribution in [3.05, 3.63) is 59.9 Å². The molecular formula is C18H17N3O3. The van der Waals surface area contributed by atoms with Gasteiger partial charge in [0.25, 0.3) is 0 Å². The SMILES string of the molecule is Cc1cccc(NC(=O)CCn2cnc3cc(C(=O)O)ccc32)c1. The quantitative estimate of drug-likeness (QED) is 0.756. The molecule has 0 saturated carbocycles. The van der Waals surface area contributed by atoms with Gasteiger partial charge in [-0.15, -0.1) is 0 Å². The summed E-state index contributed by atoms with van der Waals surface area (Å²) in [6.45, 7) is 2.44. The number of nitrogens with zero attached hydrogens (tertiary/aromatic N) is 2. The Bertz CT molecular complexity index is 915. The van der Waals surface area contributed by atoms with Crippen molar-refractivity contribution in [1.29, 1.82) is 0 Å². The van der Waals surface area contributed by atoms with Crippen molar-refractivity contribution >= 4 is 28.6 Å². The Kier molecular flexibility index (Phi) is 4.29. The molecule has 1 amide bonds. The van der Waals surface area contributed by atoms with E-state index in [0.29, 0.717) is 18.5 Å². The number of amides is 1. The monoisotopic (exact) mass is 323 g/mol. The minimum Gasteiger partial charge on any atom is -0.478 e. The van der Waals surface area contributed by atoms with Crippen LogP contribution in [0.25, 0.3) is 11.0 Å². The van der Waals surface area contributed by atoms with Crippen LogP contribution in [0.5, 0.6) is 0 Å². The van der Waals surface area contributed by atoms with Gasteiger partial charge in [-0.3, -0.25) is 4.79 Å². The van der Waals surface area contributed by atoms with Crippen molar-refractivity contribution < 1.29 is 14.7 Å². The number of aromatic carboxylic acids is 1. The molecule has 0 aliphatic carbocycles. The third-order valence-electron chi connectivity index (χ3n) is 3.75. The fourth-order valence-electron chi connectivity index (χ4n) is 2.54. The molecule has 6 heteroatoms. The molecule has 3 aromatic rings. The number of carboxylic acid groups (broad SMARTS) is 1. The summed E-state index contributed by atoms with van der Waals surface area (Å²) in [5.74, 6) is -1.06. The fourth-order valence-corrected chi connectivity index (χ4v) is 2.54. The van der Waals surface area contributed by atoms with Gasteiger partial charge in [-0.25, -0.2) is 9.78 Å². The lowest BCUT2D eigenvalue weighted by Gasteiger charge is -2.07. The van der Waals surface area contributed by atoms with Gasteiger partial charge >= 0.3 is 5.97 Å². The van der Waals surface area contributed by atoms with Crippen LogP contribution < -0.4 is 5.32 Å². The van der Waals surface area contributed by atoms with E-state index < -0.39 is 5.97 Å². The lowest BCUT2D eigenvalue weighted by Crippen LogP contribution is -2.14. The van der Waals surface area contributed by atoms with E-state index in [2.05, 4.69) is 10.3 Å². The summed E-state index contributed by atoms with van der Waals surface area (Å²) in [5.41, 5.74) is 3.48. The van der Waals surface area contributed by atoms with E-state index in [1.165, 1.54) is 12.1 Å². The minimum absolute atomic E-state index is 0.0791. The highest BCUT2D eigenvalue weighted by Gasteiger charge is 2.09. The number of nitrogens with one attached hydrogen (secondary N) is 1. The lowest BCUT2D eigenvalue weighted by atomic mass is 10.2. The first-order chi connectivity index (χ1) is 11.5. The molecule has 2 N–H and O–H groups in total. The van der Waals surface area contributed by atoms with Gasteiger partial charge in [0.2, 0.25) is 5.91 Å². The van der Waals surface area contributed by atoms with Crippen LogP contribution >= 0.6 is 0 Å². The van der Waals surface area contributed by atoms with Crippen LogP contribution in [0.3, 0.4) is 0 Å². The Hall–Kier alpha value is -3.15. The summed E-state index contributed by atoms with van der Waals surface area (Å²) >= 11 is 0. The topological polar surface area (TPSA) is 84.2 Å². The number of hydrogen-bond donors (Lipinski definition) is 2. The largest absolute Gasteiger partial charge is 0.478 e. The first-order valence-corrected chi connectivity index (χ1v) is 7.57. The molecular weight excluding hydrogens is 306 g/mol. The molecule has 0 unspecified atom stereocenters. The van der Waals surface area contributed by atoms with Gasteiger partial charge in [0.05, 0.1) is 22.9 Å². The molecule has 3 rings (SSSR count). The van der Waals surface area contributed by atoms with E-state index in [4.69, 9.17) is 5.11 Å². The lowest BCUT2D eigenvalue weighted by molar-refractivity contribution is -0.116. The number of carbonyl (C=O) groups excluding carboxylic acids is 1. The van der Waals surface area contributed by atoms with Crippen molar-refractivity contribution in [2.75, 3.05) is 5.32 Å². The van der Waals surface area contributed by atoms with E-state index in [9.17, 15) is 9.59 Å². The van der Waals surface area contributed by atoms with Crippen LogP contribution in [0, 0.1) is 6.92 Å². The van der Waals surface area contributed by atoms with Gasteiger partial charge in [-0.1, -0.05) is 12.1 Å². The molecule has 0 radical (unpaired) electrons. The first-order valence-electron chi connectivity index (χ1n) is 7.57. The number of carbonyl (C=O) groups is 2. The normalized spacial score (nSPS) is 10.7. The van der Waals surface area contributed by atoms with Gasteiger partial charge < -0.3 is 15.0 Å². The number of fused-ring (bicyclic) bond motifs is 1. The minimum atomic E-state index is -0.982. The van der Waals surface area contributed by atoms with Crippen molar-refractivity contribution in [3.63, 3.8) is 0 Å². The van der Waals surface area contributed by atoms with Gasteiger partial charge in [0.1, 0.15) is 0 Å². The van der Waals surface area contributed by atoms with Crippen LogP contribution in [0.1, 0.15) is 22.3 Å². The second-order valence-corrected chi connectivity index (χ2v) is 5.61. The molecule has 0 atom stereocenters. The zero-order valence-corrected chi connectivity index (χ0v) is 13.2. The van der Waals surface area contributed by atoms with Crippen LogP contribution in [0.15, 0.2) is 48.8 Å². The summed E-state index contributed by atoms with van der Waals surface area (Å²) in [5, 5.41) is 11.9. The zero-order valence-electron chi connectivity index (χ0n) is 13.2. The first kappa shape index (κ1) is 15.7. The average Bonchev–Trinajstić information content (AvgIpc) is 2.95. The number of imidazole rings is 1. The number of carboxylic acids is 1. The Balaban J connectivity index is 1.67. The Morgan fingerprint density at radius 1 is 1.21 bits per heavy atom. The zero-order chi connectivity index (χ0) is 17.1. The van der Waals surface area contributed by atoms with Gasteiger partial charge in [-0.2, -0.15) is 0 Å².